The second-order valence-electron chi connectivity index (χ2n) is 6.14. The molecule has 1 unspecified atom stereocenters. The maximum absolute atomic E-state index is 12.6. The molecule has 0 radical (unpaired) electrons. The summed E-state index contributed by atoms with van der Waals surface area (Å²) in [5, 5.41) is 5.63. The van der Waals surface area contributed by atoms with Crippen LogP contribution in [0, 0.1) is 0 Å². The van der Waals surface area contributed by atoms with E-state index in [1.54, 1.807) is 13.1 Å². The zero-order chi connectivity index (χ0) is 16.9. The van der Waals surface area contributed by atoms with Crippen LogP contribution in [-0.4, -0.2) is 18.9 Å². The summed E-state index contributed by atoms with van der Waals surface area (Å²) >= 11 is 0. The van der Waals surface area contributed by atoms with Gasteiger partial charge in [0.05, 0.1) is 5.92 Å². The molecule has 4 heteroatoms. The van der Waals surface area contributed by atoms with E-state index in [-0.39, 0.29) is 17.7 Å². The van der Waals surface area contributed by atoms with Gasteiger partial charge in [0.15, 0.2) is 0 Å². The third-order valence-corrected chi connectivity index (χ3v) is 4.57. The molecule has 4 nitrogen and oxygen atoms in total. The second-order valence-corrected chi connectivity index (χ2v) is 6.14. The molecule has 0 heterocycles. The molecule has 2 N–H and O–H groups in total. The Bertz CT molecular complexity index is 755. The Balaban J connectivity index is 1.68. The van der Waals surface area contributed by atoms with Crippen molar-refractivity contribution in [1.29, 1.82) is 0 Å². The first kappa shape index (κ1) is 16.2. The minimum atomic E-state index is -0.121. The van der Waals surface area contributed by atoms with Crippen LogP contribution in [0.25, 0.3) is 0 Å². The number of carbonyl (C=O) groups excluding carboxylic acids is 2. The topological polar surface area (TPSA) is 58.2 Å². The Kier molecular flexibility index (Phi) is 4.94. The molecule has 0 bridgehead atoms. The molecule has 3 rings (SSSR count). The number of hydrogen-bond donors (Lipinski definition) is 2. The highest BCUT2D eigenvalue weighted by Gasteiger charge is 2.25. The number of hydrogen-bond acceptors (Lipinski definition) is 2. The van der Waals surface area contributed by atoms with Crippen molar-refractivity contribution in [2.45, 2.75) is 31.7 Å². The Morgan fingerprint density at radius 1 is 1.12 bits per heavy atom. The van der Waals surface area contributed by atoms with E-state index in [1.165, 1.54) is 5.56 Å². The van der Waals surface area contributed by atoms with Crippen LogP contribution in [0.15, 0.2) is 48.5 Å². The van der Waals surface area contributed by atoms with Gasteiger partial charge in [0.25, 0.3) is 5.91 Å². The molecule has 1 aliphatic carbocycles. The number of aryl methyl sites for hydroxylation is 1. The normalized spacial score (nSPS) is 16.1. The SMILES string of the molecule is CNC(=O)c1cccc(CNC(=O)C2CCCc3ccccc32)c1. The minimum Gasteiger partial charge on any atom is -0.355 e. The van der Waals surface area contributed by atoms with E-state index < -0.39 is 0 Å². The van der Waals surface area contributed by atoms with Crippen molar-refractivity contribution in [3.8, 4) is 0 Å². The molecular weight excluding hydrogens is 300 g/mol. The summed E-state index contributed by atoms with van der Waals surface area (Å²) in [5.74, 6) is -0.131. The number of fused-ring (bicyclic) bond motifs is 1. The number of benzene rings is 2. The summed E-state index contributed by atoms with van der Waals surface area (Å²) in [7, 11) is 1.61. The molecule has 1 aliphatic rings. The van der Waals surface area contributed by atoms with Crippen LogP contribution in [0.1, 0.15) is 45.8 Å². The highest BCUT2D eigenvalue weighted by Crippen LogP contribution is 2.31. The van der Waals surface area contributed by atoms with Gasteiger partial charge in [0.1, 0.15) is 0 Å². The zero-order valence-electron chi connectivity index (χ0n) is 13.8. The van der Waals surface area contributed by atoms with E-state index in [0.29, 0.717) is 12.1 Å². The van der Waals surface area contributed by atoms with Crippen molar-refractivity contribution in [2.75, 3.05) is 7.05 Å². The lowest BCUT2D eigenvalue weighted by Crippen LogP contribution is -2.31. The number of amides is 2. The lowest BCUT2D eigenvalue weighted by molar-refractivity contribution is -0.123. The van der Waals surface area contributed by atoms with Gasteiger partial charge in [-0.15, -0.1) is 0 Å². The van der Waals surface area contributed by atoms with E-state index in [9.17, 15) is 9.59 Å². The molecule has 2 aromatic rings. The fraction of sp³-hybridized carbons (Fsp3) is 0.300. The van der Waals surface area contributed by atoms with Crippen molar-refractivity contribution in [1.82, 2.24) is 10.6 Å². The summed E-state index contributed by atoms with van der Waals surface area (Å²) in [6.07, 6.45) is 2.98. The summed E-state index contributed by atoms with van der Waals surface area (Å²) in [4.78, 5) is 24.3. The van der Waals surface area contributed by atoms with E-state index >= 15 is 0 Å². The average molecular weight is 322 g/mol. The fourth-order valence-electron chi connectivity index (χ4n) is 3.31. The van der Waals surface area contributed by atoms with Gasteiger partial charge in [-0.3, -0.25) is 9.59 Å². The van der Waals surface area contributed by atoms with Gasteiger partial charge in [0, 0.05) is 19.2 Å². The number of rotatable bonds is 4. The van der Waals surface area contributed by atoms with Gasteiger partial charge < -0.3 is 10.6 Å². The third kappa shape index (κ3) is 3.48. The predicted octanol–water partition coefficient (Wildman–Crippen LogP) is 2.78. The van der Waals surface area contributed by atoms with Crippen LogP contribution >= 0.6 is 0 Å². The van der Waals surface area contributed by atoms with Crippen LogP contribution in [-0.2, 0) is 17.8 Å². The van der Waals surface area contributed by atoms with Crippen LogP contribution < -0.4 is 10.6 Å². The maximum atomic E-state index is 12.6. The lowest BCUT2D eigenvalue weighted by atomic mass is 9.82. The Labute approximate surface area is 142 Å². The smallest absolute Gasteiger partial charge is 0.251 e. The van der Waals surface area contributed by atoms with Gasteiger partial charge in [-0.2, -0.15) is 0 Å². The van der Waals surface area contributed by atoms with Crippen molar-refractivity contribution >= 4 is 11.8 Å². The first-order chi connectivity index (χ1) is 11.7. The largest absolute Gasteiger partial charge is 0.355 e. The molecule has 24 heavy (non-hydrogen) atoms. The molecule has 2 amide bonds. The quantitative estimate of drug-likeness (QED) is 0.909. The lowest BCUT2D eigenvalue weighted by Gasteiger charge is -2.24. The first-order valence-corrected chi connectivity index (χ1v) is 8.35. The highest BCUT2D eigenvalue weighted by molar-refractivity contribution is 5.94. The van der Waals surface area contributed by atoms with Crippen LogP contribution in [0.3, 0.4) is 0 Å². The van der Waals surface area contributed by atoms with Gasteiger partial charge in [-0.05, 0) is 48.1 Å². The second kappa shape index (κ2) is 7.30. The molecule has 0 fully saturated rings. The minimum absolute atomic E-state index is 0.0625. The third-order valence-electron chi connectivity index (χ3n) is 4.57. The monoisotopic (exact) mass is 322 g/mol. The first-order valence-electron chi connectivity index (χ1n) is 8.35. The van der Waals surface area contributed by atoms with Crippen LogP contribution in [0.5, 0.6) is 0 Å². The highest BCUT2D eigenvalue weighted by atomic mass is 16.2. The fourth-order valence-corrected chi connectivity index (χ4v) is 3.31. The maximum Gasteiger partial charge on any atom is 0.251 e. The molecule has 1 atom stereocenters. The number of nitrogens with one attached hydrogen (secondary N) is 2. The Hall–Kier alpha value is -2.62. The van der Waals surface area contributed by atoms with Crippen molar-refractivity contribution in [3.63, 3.8) is 0 Å². The molecule has 0 spiro atoms. The standard InChI is InChI=1S/C20H22N2O2/c1-21-19(23)16-9-4-6-14(12-16)13-22-20(24)18-11-5-8-15-7-2-3-10-17(15)18/h2-4,6-7,9-10,12,18H,5,8,11,13H2,1H3,(H,21,23)(H,22,24). The van der Waals surface area contributed by atoms with Gasteiger partial charge >= 0.3 is 0 Å². The summed E-state index contributed by atoms with van der Waals surface area (Å²) in [6, 6.07) is 15.5. The average Bonchev–Trinajstić information content (AvgIpc) is 2.65. The Morgan fingerprint density at radius 2 is 1.96 bits per heavy atom. The van der Waals surface area contributed by atoms with E-state index in [4.69, 9.17) is 0 Å². The van der Waals surface area contributed by atoms with Crippen LogP contribution in [0.2, 0.25) is 0 Å². The van der Waals surface area contributed by atoms with Crippen molar-refractivity contribution in [3.05, 3.63) is 70.8 Å². The summed E-state index contributed by atoms with van der Waals surface area (Å²) in [6.45, 7) is 0.433. The predicted molar refractivity (Wildman–Crippen MR) is 93.8 cm³/mol. The zero-order valence-corrected chi connectivity index (χ0v) is 13.8. The Morgan fingerprint density at radius 3 is 2.79 bits per heavy atom. The van der Waals surface area contributed by atoms with E-state index in [2.05, 4.69) is 22.8 Å². The summed E-state index contributed by atoms with van der Waals surface area (Å²) in [5.41, 5.74) is 3.96. The van der Waals surface area contributed by atoms with Gasteiger partial charge in [-0.1, -0.05) is 36.4 Å². The van der Waals surface area contributed by atoms with Gasteiger partial charge in [0.2, 0.25) is 5.91 Å². The molecule has 124 valence electrons. The molecule has 0 aromatic heterocycles. The molecule has 2 aromatic carbocycles. The summed E-state index contributed by atoms with van der Waals surface area (Å²) < 4.78 is 0. The molecule has 0 saturated heterocycles. The van der Waals surface area contributed by atoms with E-state index in [1.807, 2.05) is 30.3 Å². The number of carbonyl (C=O) groups is 2. The molecule has 0 aliphatic heterocycles. The van der Waals surface area contributed by atoms with Crippen molar-refractivity contribution in [2.24, 2.45) is 0 Å². The van der Waals surface area contributed by atoms with Crippen molar-refractivity contribution < 1.29 is 9.59 Å². The van der Waals surface area contributed by atoms with Crippen LogP contribution in [0.4, 0.5) is 0 Å². The van der Waals surface area contributed by atoms with Gasteiger partial charge in [-0.25, -0.2) is 0 Å². The molecule has 0 saturated carbocycles. The molecular formula is C20H22N2O2. The van der Waals surface area contributed by atoms with E-state index in [0.717, 1.165) is 30.4 Å².